The number of hydrogen-bond donors (Lipinski definition) is 0. The lowest BCUT2D eigenvalue weighted by molar-refractivity contribution is 0.594. The number of benzene rings is 2. The van der Waals surface area contributed by atoms with Crippen LogP contribution in [0.4, 0.5) is 4.39 Å². The second-order valence-electron chi connectivity index (χ2n) is 4.92. The summed E-state index contributed by atoms with van der Waals surface area (Å²) >= 11 is 4.67. The Morgan fingerprint density at radius 3 is 2.62 bits per heavy atom. The van der Waals surface area contributed by atoms with Gasteiger partial charge in [-0.15, -0.1) is 11.0 Å². The maximum absolute atomic E-state index is 13.0. The molecule has 0 saturated carbocycles. The highest BCUT2D eigenvalue weighted by atomic mass is 79.9. The molecular weight excluding hydrogens is 415 g/mol. The highest BCUT2D eigenvalue weighted by molar-refractivity contribution is 9.10. The number of thiazole rings is 1. The summed E-state index contributed by atoms with van der Waals surface area (Å²) in [4.78, 5) is 0.292. The van der Waals surface area contributed by atoms with Gasteiger partial charge in [-0.3, -0.25) is 0 Å². The Labute approximate surface area is 150 Å². The average molecular weight is 427 g/mol. The Morgan fingerprint density at radius 2 is 1.96 bits per heavy atom. The first-order chi connectivity index (χ1) is 11.4. The summed E-state index contributed by atoms with van der Waals surface area (Å²) in [5.74, 6) is -0.498. The van der Waals surface area contributed by atoms with Crippen LogP contribution in [-0.4, -0.2) is 13.0 Å². The van der Waals surface area contributed by atoms with Crippen LogP contribution in [0.15, 0.2) is 68.9 Å². The van der Waals surface area contributed by atoms with E-state index in [4.69, 9.17) is 0 Å². The lowest BCUT2D eigenvalue weighted by Crippen LogP contribution is -2.16. The molecule has 0 radical (unpaired) electrons. The fourth-order valence-electron chi connectivity index (χ4n) is 2.18. The molecule has 124 valence electrons. The van der Waals surface area contributed by atoms with E-state index in [0.29, 0.717) is 11.3 Å². The van der Waals surface area contributed by atoms with Crippen molar-refractivity contribution < 1.29 is 12.8 Å². The molecule has 3 aromatic rings. The summed E-state index contributed by atoms with van der Waals surface area (Å²) in [6.45, 7) is 4.14. The number of fused-ring (bicyclic) bond motifs is 1. The molecule has 3 rings (SSSR count). The van der Waals surface area contributed by atoms with E-state index >= 15 is 0 Å². The van der Waals surface area contributed by atoms with Crippen LogP contribution < -0.4 is 4.80 Å². The van der Waals surface area contributed by atoms with Crippen molar-refractivity contribution in [1.82, 2.24) is 4.57 Å². The molecule has 0 spiro atoms. The summed E-state index contributed by atoms with van der Waals surface area (Å²) in [6.07, 6.45) is 1.68. The van der Waals surface area contributed by atoms with Crippen molar-refractivity contribution in [3.63, 3.8) is 0 Å². The number of sulfonamides is 1. The lowest BCUT2D eigenvalue weighted by Gasteiger charge is -2.02. The summed E-state index contributed by atoms with van der Waals surface area (Å²) in [7, 11) is -3.93. The summed E-state index contributed by atoms with van der Waals surface area (Å²) in [5, 5.41) is 0. The van der Waals surface area contributed by atoms with Crippen molar-refractivity contribution in [3.05, 3.63) is 70.2 Å². The Kier molecular flexibility index (Phi) is 4.71. The van der Waals surface area contributed by atoms with Crippen molar-refractivity contribution in [1.29, 1.82) is 0 Å². The van der Waals surface area contributed by atoms with E-state index in [-0.39, 0.29) is 4.90 Å². The second-order valence-corrected chi connectivity index (χ2v) is 8.45. The van der Waals surface area contributed by atoms with E-state index in [2.05, 4.69) is 26.9 Å². The zero-order chi connectivity index (χ0) is 17.3. The zero-order valence-electron chi connectivity index (χ0n) is 12.3. The number of allylic oxidation sites excluding steroid dienone is 1. The molecule has 24 heavy (non-hydrogen) atoms. The van der Waals surface area contributed by atoms with Gasteiger partial charge in [-0.05, 0) is 42.5 Å². The first kappa shape index (κ1) is 17.1. The van der Waals surface area contributed by atoms with Crippen LogP contribution in [-0.2, 0) is 16.6 Å². The number of nitrogens with zero attached hydrogens (tertiary/aromatic N) is 2. The molecule has 0 N–H and O–H groups in total. The van der Waals surface area contributed by atoms with Crippen LogP contribution in [0.2, 0.25) is 0 Å². The Hall–Kier alpha value is -1.77. The topological polar surface area (TPSA) is 51.4 Å². The molecule has 1 aromatic heterocycles. The molecule has 0 aliphatic carbocycles. The van der Waals surface area contributed by atoms with Gasteiger partial charge in [0.2, 0.25) is 4.80 Å². The first-order valence-corrected chi connectivity index (χ1v) is 9.92. The van der Waals surface area contributed by atoms with E-state index in [1.165, 1.54) is 23.5 Å². The molecule has 8 heteroatoms. The molecule has 0 fully saturated rings. The normalized spacial score (nSPS) is 12.7. The fraction of sp³-hybridized carbons (Fsp3) is 0.0625. The first-order valence-electron chi connectivity index (χ1n) is 6.87. The molecule has 0 atom stereocenters. The molecule has 0 amide bonds. The maximum atomic E-state index is 13.0. The minimum Gasteiger partial charge on any atom is -0.312 e. The SMILES string of the molecule is C=CCn1/c(=N/S(=O)(=O)c2ccc(F)cc2)sc2cc(Br)ccc21. The molecule has 1 heterocycles. The van der Waals surface area contributed by atoms with Crippen LogP contribution >= 0.6 is 27.3 Å². The van der Waals surface area contributed by atoms with Crippen molar-refractivity contribution in [2.75, 3.05) is 0 Å². The minimum absolute atomic E-state index is 0.0484. The van der Waals surface area contributed by atoms with Crippen LogP contribution in [0.1, 0.15) is 0 Å². The third kappa shape index (κ3) is 3.35. The van der Waals surface area contributed by atoms with Crippen LogP contribution in [0, 0.1) is 5.82 Å². The second kappa shape index (κ2) is 6.62. The van der Waals surface area contributed by atoms with Gasteiger partial charge in [0, 0.05) is 11.0 Å². The smallest absolute Gasteiger partial charge is 0.285 e. The predicted molar refractivity (Wildman–Crippen MR) is 96.9 cm³/mol. The van der Waals surface area contributed by atoms with Gasteiger partial charge < -0.3 is 4.57 Å². The summed E-state index contributed by atoms with van der Waals surface area (Å²) < 4.78 is 45.5. The number of aromatic nitrogens is 1. The highest BCUT2D eigenvalue weighted by Crippen LogP contribution is 2.23. The Morgan fingerprint density at radius 1 is 1.25 bits per heavy atom. The molecular formula is C16H12BrFN2O2S2. The van der Waals surface area contributed by atoms with Crippen LogP contribution in [0.5, 0.6) is 0 Å². The Bertz CT molecular complexity index is 1080. The van der Waals surface area contributed by atoms with Gasteiger partial charge in [0.05, 0.1) is 15.1 Å². The fourth-order valence-corrected chi connectivity index (χ4v) is 4.98. The average Bonchev–Trinajstić information content (AvgIpc) is 2.84. The van der Waals surface area contributed by atoms with Crippen LogP contribution in [0.25, 0.3) is 10.2 Å². The van der Waals surface area contributed by atoms with Crippen molar-refractivity contribution in [2.45, 2.75) is 11.4 Å². The van der Waals surface area contributed by atoms with E-state index in [1.54, 1.807) is 10.6 Å². The molecule has 0 aliphatic heterocycles. The quantitative estimate of drug-likeness (QED) is 0.590. The number of halogens is 2. The summed E-state index contributed by atoms with van der Waals surface area (Å²) in [6, 6.07) is 10.3. The number of rotatable bonds is 4. The molecule has 0 saturated heterocycles. The highest BCUT2D eigenvalue weighted by Gasteiger charge is 2.14. The molecule has 0 unspecified atom stereocenters. The van der Waals surface area contributed by atoms with E-state index < -0.39 is 15.8 Å². The van der Waals surface area contributed by atoms with Gasteiger partial charge in [-0.2, -0.15) is 8.42 Å². The van der Waals surface area contributed by atoms with Crippen molar-refractivity contribution in [2.24, 2.45) is 4.40 Å². The van der Waals surface area contributed by atoms with Crippen LogP contribution in [0.3, 0.4) is 0 Å². The van der Waals surface area contributed by atoms with E-state index in [0.717, 1.165) is 26.8 Å². The third-order valence-electron chi connectivity index (χ3n) is 3.27. The third-order valence-corrected chi connectivity index (χ3v) is 6.20. The molecule has 4 nitrogen and oxygen atoms in total. The standard InChI is InChI=1S/C16H12BrFN2O2S2/c1-2-9-20-14-8-3-11(17)10-15(14)23-16(20)19-24(21,22)13-6-4-12(18)5-7-13/h2-8,10H,1,9H2/b19-16-. The summed E-state index contributed by atoms with van der Waals surface area (Å²) in [5.41, 5.74) is 0.871. The van der Waals surface area contributed by atoms with Gasteiger partial charge in [-0.1, -0.05) is 33.3 Å². The van der Waals surface area contributed by atoms with Crippen molar-refractivity contribution in [3.8, 4) is 0 Å². The maximum Gasteiger partial charge on any atom is 0.285 e. The van der Waals surface area contributed by atoms with Gasteiger partial charge in [-0.25, -0.2) is 4.39 Å². The largest absolute Gasteiger partial charge is 0.312 e. The van der Waals surface area contributed by atoms with E-state index in [9.17, 15) is 12.8 Å². The zero-order valence-corrected chi connectivity index (χ0v) is 15.5. The van der Waals surface area contributed by atoms with Gasteiger partial charge >= 0.3 is 0 Å². The lowest BCUT2D eigenvalue weighted by atomic mass is 10.3. The molecule has 0 bridgehead atoms. The van der Waals surface area contributed by atoms with Gasteiger partial charge in [0.1, 0.15) is 5.82 Å². The number of hydrogen-bond acceptors (Lipinski definition) is 3. The Balaban J connectivity index is 2.23. The molecule has 2 aromatic carbocycles. The predicted octanol–water partition coefficient (Wildman–Crippen LogP) is 4.08. The van der Waals surface area contributed by atoms with Crippen molar-refractivity contribution >= 4 is 47.5 Å². The minimum atomic E-state index is -3.93. The van der Waals surface area contributed by atoms with Gasteiger partial charge in [0.25, 0.3) is 10.0 Å². The molecule has 0 aliphatic rings. The van der Waals surface area contributed by atoms with Gasteiger partial charge in [0.15, 0.2) is 0 Å². The monoisotopic (exact) mass is 426 g/mol. The van der Waals surface area contributed by atoms with E-state index in [1.807, 2.05) is 18.2 Å².